The summed E-state index contributed by atoms with van der Waals surface area (Å²) in [6, 6.07) is 10.8. The number of ether oxygens (including phenoxy) is 1. The Hall–Kier alpha value is -2.75. The zero-order valence-electron chi connectivity index (χ0n) is 11.3. The lowest BCUT2D eigenvalue weighted by molar-refractivity contribution is -0.153. The number of hydrogen-bond donors (Lipinski definition) is 0. The summed E-state index contributed by atoms with van der Waals surface area (Å²) in [5.74, 6) is 0.0501. The van der Waals surface area contributed by atoms with Crippen molar-refractivity contribution in [3.8, 4) is 11.8 Å². The van der Waals surface area contributed by atoms with E-state index >= 15 is 0 Å². The normalized spacial score (nSPS) is 11.0. The van der Waals surface area contributed by atoms with Crippen molar-refractivity contribution in [3.63, 3.8) is 0 Å². The number of pyridine rings is 1. The first kappa shape index (κ1) is 15.6. The molecule has 4 nitrogen and oxygen atoms in total. The molecule has 0 unspecified atom stereocenters. The average Bonchev–Trinajstić information content (AvgIpc) is 2.47. The molecule has 0 aliphatic carbocycles. The molecule has 0 aliphatic heterocycles. The minimum absolute atomic E-state index is 0.0163. The summed E-state index contributed by atoms with van der Waals surface area (Å²) >= 11 is 0. The number of benzene rings is 1. The van der Waals surface area contributed by atoms with Crippen LogP contribution in [0, 0.1) is 11.3 Å². The Bertz CT molecular complexity index is 760. The zero-order chi connectivity index (χ0) is 16.2. The quantitative estimate of drug-likeness (QED) is 0.872. The fourth-order valence-electron chi connectivity index (χ4n) is 1.86. The Balaban J connectivity index is 2.28. The van der Waals surface area contributed by atoms with Gasteiger partial charge in [-0.15, -0.1) is 0 Å². The highest BCUT2D eigenvalue weighted by atomic mass is 19.4. The monoisotopic (exact) mass is 308 g/mol. The standard InChI is InChI=1S/C15H11F3N2O2/c16-15(17,18)10-22-13-6-2-1-4-12(13)9-20-7-3-5-11(8-19)14(20)21/h1-7H,9-10H2. The van der Waals surface area contributed by atoms with E-state index < -0.39 is 18.3 Å². The van der Waals surface area contributed by atoms with E-state index in [9.17, 15) is 18.0 Å². The number of hydrogen-bond acceptors (Lipinski definition) is 3. The molecule has 2 aromatic rings. The van der Waals surface area contributed by atoms with Gasteiger partial charge in [0.1, 0.15) is 17.4 Å². The van der Waals surface area contributed by atoms with Crippen LogP contribution in [0.2, 0.25) is 0 Å². The van der Waals surface area contributed by atoms with E-state index in [1.165, 1.54) is 29.0 Å². The Labute approximate surface area is 124 Å². The first-order chi connectivity index (χ1) is 10.4. The summed E-state index contributed by atoms with van der Waals surface area (Å²) in [7, 11) is 0. The summed E-state index contributed by atoms with van der Waals surface area (Å²) in [5, 5.41) is 8.82. The Morgan fingerprint density at radius 1 is 1.18 bits per heavy atom. The highest BCUT2D eigenvalue weighted by Gasteiger charge is 2.28. The van der Waals surface area contributed by atoms with Crippen LogP contribution in [0.25, 0.3) is 0 Å². The third kappa shape index (κ3) is 3.88. The second-order valence-corrected chi connectivity index (χ2v) is 4.48. The Morgan fingerprint density at radius 3 is 2.59 bits per heavy atom. The lowest BCUT2D eigenvalue weighted by Gasteiger charge is -2.14. The highest BCUT2D eigenvalue weighted by molar-refractivity contribution is 5.34. The van der Waals surface area contributed by atoms with E-state index in [1.54, 1.807) is 24.3 Å². The maximum Gasteiger partial charge on any atom is 0.422 e. The third-order valence-electron chi connectivity index (χ3n) is 2.85. The minimum atomic E-state index is -4.44. The second-order valence-electron chi connectivity index (χ2n) is 4.48. The molecule has 2 rings (SSSR count). The molecule has 1 aromatic carbocycles. The third-order valence-corrected chi connectivity index (χ3v) is 2.85. The molecule has 0 radical (unpaired) electrons. The van der Waals surface area contributed by atoms with Crippen molar-refractivity contribution in [2.24, 2.45) is 0 Å². The summed E-state index contributed by atoms with van der Waals surface area (Å²) in [6.07, 6.45) is -2.98. The van der Waals surface area contributed by atoms with Crippen LogP contribution in [-0.2, 0) is 6.54 Å². The molecule has 1 heterocycles. The molecule has 22 heavy (non-hydrogen) atoms. The predicted octanol–water partition coefficient (Wildman–Crippen LogP) is 2.71. The summed E-state index contributed by atoms with van der Waals surface area (Å²) < 4.78 is 42.7. The van der Waals surface area contributed by atoms with Gasteiger partial charge in [-0.3, -0.25) is 4.79 Å². The molecule has 0 amide bonds. The summed E-state index contributed by atoms with van der Waals surface area (Å²) in [6.45, 7) is -1.39. The Morgan fingerprint density at radius 2 is 1.91 bits per heavy atom. The molecule has 0 spiro atoms. The van der Waals surface area contributed by atoms with Crippen LogP contribution in [0.15, 0.2) is 47.4 Å². The van der Waals surface area contributed by atoms with Crippen molar-refractivity contribution in [2.45, 2.75) is 12.7 Å². The summed E-state index contributed by atoms with van der Waals surface area (Å²) in [5.41, 5.74) is -0.115. The lowest BCUT2D eigenvalue weighted by Crippen LogP contribution is -2.23. The van der Waals surface area contributed by atoms with Gasteiger partial charge in [0.15, 0.2) is 6.61 Å². The van der Waals surface area contributed by atoms with Crippen molar-refractivity contribution in [1.29, 1.82) is 5.26 Å². The molecule has 0 saturated heterocycles. The fourth-order valence-corrected chi connectivity index (χ4v) is 1.86. The van der Waals surface area contributed by atoms with Crippen LogP contribution >= 0.6 is 0 Å². The van der Waals surface area contributed by atoms with Gasteiger partial charge < -0.3 is 9.30 Å². The number of aromatic nitrogens is 1. The SMILES string of the molecule is N#Cc1cccn(Cc2ccccc2OCC(F)(F)F)c1=O. The average molecular weight is 308 g/mol. The number of para-hydroxylation sites is 1. The maximum absolute atomic E-state index is 12.2. The minimum Gasteiger partial charge on any atom is -0.484 e. The number of nitrogens with zero attached hydrogens (tertiary/aromatic N) is 2. The lowest BCUT2D eigenvalue weighted by atomic mass is 10.2. The van der Waals surface area contributed by atoms with Gasteiger partial charge in [-0.2, -0.15) is 18.4 Å². The smallest absolute Gasteiger partial charge is 0.422 e. The van der Waals surface area contributed by atoms with Gasteiger partial charge >= 0.3 is 6.18 Å². The largest absolute Gasteiger partial charge is 0.484 e. The van der Waals surface area contributed by atoms with Gasteiger partial charge in [0.25, 0.3) is 5.56 Å². The van der Waals surface area contributed by atoms with Gasteiger partial charge in [-0.05, 0) is 18.2 Å². The van der Waals surface area contributed by atoms with E-state index in [0.717, 1.165) is 0 Å². The van der Waals surface area contributed by atoms with Crippen LogP contribution in [0.1, 0.15) is 11.1 Å². The number of rotatable bonds is 4. The maximum atomic E-state index is 12.2. The topological polar surface area (TPSA) is 55.0 Å². The molecule has 0 N–H and O–H groups in total. The van der Waals surface area contributed by atoms with Crippen LogP contribution in [0.3, 0.4) is 0 Å². The number of alkyl halides is 3. The molecule has 0 fully saturated rings. The molecule has 0 saturated carbocycles. The van der Waals surface area contributed by atoms with Crippen LogP contribution in [-0.4, -0.2) is 17.4 Å². The molecule has 0 bridgehead atoms. The van der Waals surface area contributed by atoms with Gasteiger partial charge in [-0.1, -0.05) is 18.2 Å². The number of nitriles is 1. The van der Waals surface area contributed by atoms with E-state index in [0.29, 0.717) is 5.56 Å². The first-order valence-corrected chi connectivity index (χ1v) is 6.28. The molecule has 0 atom stereocenters. The van der Waals surface area contributed by atoms with Crippen LogP contribution < -0.4 is 10.3 Å². The van der Waals surface area contributed by atoms with Crippen LogP contribution in [0.4, 0.5) is 13.2 Å². The molecule has 0 aliphatic rings. The van der Waals surface area contributed by atoms with Crippen molar-refractivity contribution in [1.82, 2.24) is 4.57 Å². The van der Waals surface area contributed by atoms with Crippen LogP contribution in [0.5, 0.6) is 5.75 Å². The van der Waals surface area contributed by atoms with Gasteiger partial charge in [-0.25, -0.2) is 0 Å². The highest BCUT2D eigenvalue weighted by Crippen LogP contribution is 2.22. The van der Waals surface area contributed by atoms with Gasteiger partial charge in [0.05, 0.1) is 6.54 Å². The van der Waals surface area contributed by atoms with Crippen molar-refractivity contribution in [2.75, 3.05) is 6.61 Å². The van der Waals surface area contributed by atoms with Crippen molar-refractivity contribution >= 4 is 0 Å². The molecule has 7 heteroatoms. The Kier molecular flexibility index (Phi) is 4.51. The van der Waals surface area contributed by atoms with E-state index in [1.807, 2.05) is 0 Å². The molecular formula is C15H11F3N2O2. The van der Waals surface area contributed by atoms with Gasteiger partial charge in [0.2, 0.25) is 0 Å². The van der Waals surface area contributed by atoms with Crippen molar-refractivity contribution < 1.29 is 17.9 Å². The first-order valence-electron chi connectivity index (χ1n) is 6.28. The van der Waals surface area contributed by atoms with E-state index in [-0.39, 0.29) is 17.9 Å². The van der Waals surface area contributed by atoms with E-state index in [4.69, 9.17) is 10.00 Å². The predicted molar refractivity (Wildman–Crippen MR) is 72.5 cm³/mol. The molecule has 1 aromatic heterocycles. The molecular weight excluding hydrogens is 297 g/mol. The van der Waals surface area contributed by atoms with Gasteiger partial charge in [0, 0.05) is 11.8 Å². The zero-order valence-corrected chi connectivity index (χ0v) is 11.3. The molecule has 114 valence electrons. The van der Waals surface area contributed by atoms with Crippen molar-refractivity contribution in [3.05, 3.63) is 64.1 Å². The number of halogens is 3. The second kappa shape index (κ2) is 6.35. The fraction of sp³-hybridized carbons (Fsp3) is 0.200. The summed E-state index contributed by atoms with van der Waals surface area (Å²) in [4.78, 5) is 12.0. The van der Waals surface area contributed by atoms with E-state index in [2.05, 4.69) is 0 Å².